The Morgan fingerprint density at radius 1 is 1.65 bits per heavy atom. The van der Waals surface area contributed by atoms with Gasteiger partial charge in [-0.2, -0.15) is 0 Å². The molecule has 1 unspecified atom stereocenters. The van der Waals surface area contributed by atoms with Gasteiger partial charge >= 0.3 is 0 Å². The molecule has 2 heterocycles. The lowest BCUT2D eigenvalue weighted by atomic mass is 10.1. The highest BCUT2D eigenvalue weighted by Gasteiger charge is 2.17. The number of nitrogens with two attached hydrogens (primary N) is 1. The first-order valence-electron chi connectivity index (χ1n) is 5.87. The summed E-state index contributed by atoms with van der Waals surface area (Å²) in [5, 5.41) is 2.70. The molecule has 1 saturated heterocycles. The number of anilines is 2. The van der Waals surface area contributed by atoms with Gasteiger partial charge in [0, 0.05) is 19.2 Å². The van der Waals surface area contributed by atoms with Crippen LogP contribution in [0, 0.1) is 0 Å². The molecular formula is C12H17N3O2. The van der Waals surface area contributed by atoms with E-state index >= 15 is 0 Å². The van der Waals surface area contributed by atoms with Crippen molar-refractivity contribution in [3.05, 3.63) is 18.3 Å². The Morgan fingerprint density at radius 3 is 3.24 bits per heavy atom. The predicted octanol–water partition coefficient (Wildman–Crippen LogP) is 1.56. The number of carbonyl (C=O) groups excluding carboxylic acids is 1. The highest BCUT2D eigenvalue weighted by atomic mass is 16.5. The second-order valence-corrected chi connectivity index (χ2v) is 4.16. The fourth-order valence-electron chi connectivity index (χ4n) is 1.88. The SMILES string of the molecule is Nc1cccnc1NC(=O)CCC1CCCO1. The summed E-state index contributed by atoms with van der Waals surface area (Å²) >= 11 is 0. The number of carbonyl (C=O) groups is 1. The molecule has 1 aromatic heterocycles. The molecule has 0 bridgehead atoms. The summed E-state index contributed by atoms with van der Waals surface area (Å²) in [6.45, 7) is 0.819. The van der Waals surface area contributed by atoms with Crippen LogP contribution in [-0.2, 0) is 9.53 Å². The molecule has 1 aliphatic heterocycles. The van der Waals surface area contributed by atoms with Gasteiger partial charge < -0.3 is 15.8 Å². The number of hydrogen-bond acceptors (Lipinski definition) is 4. The summed E-state index contributed by atoms with van der Waals surface area (Å²) in [6.07, 6.45) is 5.20. The maximum atomic E-state index is 11.7. The predicted molar refractivity (Wildman–Crippen MR) is 65.5 cm³/mol. The first kappa shape index (κ1) is 11.9. The molecule has 0 aliphatic carbocycles. The normalized spacial score (nSPS) is 19.2. The third kappa shape index (κ3) is 3.42. The highest BCUT2D eigenvalue weighted by molar-refractivity contribution is 5.92. The van der Waals surface area contributed by atoms with Gasteiger partial charge in [0.15, 0.2) is 5.82 Å². The van der Waals surface area contributed by atoms with Crippen molar-refractivity contribution in [3.63, 3.8) is 0 Å². The molecule has 1 aromatic rings. The molecule has 0 spiro atoms. The quantitative estimate of drug-likeness (QED) is 0.830. The molecular weight excluding hydrogens is 218 g/mol. The van der Waals surface area contributed by atoms with Crippen LogP contribution in [0.5, 0.6) is 0 Å². The molecule has 5 heteroatoms. The Balaban J connectivity index is 1.79. The van der Waals surface area contributed by atoms with Gasteiger partial charge in [0.25, 0.3) is 0 Å². The Labute approximate surface area is 100 Å². The first-order valence-corrected chi connectivity index (χ1v) is 5.87. The Kier molecular flexibility index (Phi) is 3.93. The lowest BCUT2D eigenvalue weighted by molar-refractivity contribution is -0.116. The van der Waals surface area contributed by atoms with Crippen LogP contribution in [0.15, 0.2) is 18.3 Å². The van der Waals surface area contributed by atoms with Crippen LogP contribution < -0.4 is 11.1 Å². The summed E-state index contributed by atoms with van der Waals surface area (Å²) in [5.74, 6) is 0.371. The molecule has 0 saturated carbocycles. The van der Waals surface area contributed by atoms with E-state index in [1.54, 1.807) is 18.3 Å². The van der Waals surface area contributed by atoms with E-state index in [2.05, 4.69) is 10.3 Å². The van der Waals surface area contributed by atoms with Crippen LogP contribution in [0.3, 0.4) is 0 Å². The number of hydrogen-bond donors (Lipinski definition) is 2. The van der Waals surface area contributed by atoms with E-state index < -0.39 is 0 Å². The van der Waals surface area contributed by atoms with Crippen molar-refractivity contribution in [3.8, 4) is 0 Å². The molecule has 1 amide bonds. The number of pyridine rings is 1. The fourth-order valence-corrected chi connectivity index (χ4v) is 1.88. The van der Waals surface area contributed by atoms with E-state index in [4.69, 9.17) is 10.5 Å². The van der Waals surface area contributed by atoms with Gasteiger partial charge in [-0.05, 0) is 31.4 Å². The summed E-state index contributed by atoms with van der Waals surface area (Å²) in [4.78, 5) is 15.7. The van der Waals surface area contributed by atoms with Gasteiger partial charge in [0.05, 0.1) is 11.8 Å². The van der Waals surface area contributed by atoms with Gasteiger partial charge in [0.1, 0.15) is 0 Å². The zero-order valence-electron chi connectivity index (χ0n) is 9.69. The molecule has 92 valence electrons. The molecule has 17 heavy (non-hydrogen) atoms. The van der Waals surface area contributed by atoms with Gasteiger partial charge in [-0.1, -0.05) is 0 Å². The van der Waals surface area contributed by atoms with Crippen LogP contribution in [0.4, 0.5) is 11.5 Å². The molecule has 2 rings (SSSR count). The van der Waals surface area contributed by atoms with Gasteiger partial charge in [-0.15, -0.1) is 0 Å². The van der Waals surface area contributed by atoms with E-state index in [0.29, 0.717) is 17.9 Å². The Hall–Kier alpha value is -1.62. The molecule has 1 atom stereocenters. The van der Waals surface area contributed by atoms with E-state index in [1.165, 1.54) is 0 Å². The molecule has 5 nitrogen and oxygen atoms in total. The number of ether oxygens (including phenoxy) is 1. The highest BCUT2D eigenvalue weighted by Crippen LogP contribution is 2.18. The van der Waals surface area contributed by atoms with E-state index in [9.17, 15) is 4.79 Å². The van der Waals surface area contributed by atoms with Crippen LogP contribution >= 0.6 is 0 Å². The number of nitrogens with zero attached hydrogens (tertiary/aromatic N) is 1. The van der Waals surface area contributed by atoms with Crippen molar-refractivity contribution in [2.75, 3.05) is 17.7 Å². The monoisotopic (exact) mass is 235 g/mol. The number of nitrogen functional groups attached to an aromatic ring is 1. The number of nitrogens with one attached hydrogen (secondary N) is 1. The van der Waals surface area contributed by atoms with Crippen LogP contribution in [0.25, 0.3) is 0 Å². The summed E-state index contributed by atoms with van der Waals surface area (Å²) < 4.78 is 5.46. The number of amides is 1. The number of rotatable bonds is 4. The molecule has 1 fully saturated rings. The average Bonchev–Trinajstić information content (AvgIpc) is 2.82. The largest absolute Gasteiger partial charge is 0.396 e. The second kappa shape index (κ2) is 5.63. The summed E-state index contributed by atoms with van der Waals surface area (Å²) in [7, 11) is 0. The standard InChI is InChI=1S/C12H17N3O2/c13-10-4-1-7-14-12(10)15-11(16)6-5-9-3-2-8-17-9/h1,4,7,9H,2-3,5-6,8,13H2,(H,14,15,16). The van der Waals surface area contributed by atoms with Crippen molar-refractivity contribution < 1.29 is 9.53 Å². The zero-order valence-corrected chi connectivity index (χ0v) is 9.69. The average molecular weight is 235 g/mol. The smallest absolute Gasteiger partial charge is 0.225 e. The fraction of sp³-hybridized carbons (Fsp3) is 0.500. The minimum Gasteiger partial charge on any atom is -0.396 e. The second-order valence-electron chi connectivity index (χ2n) is 4.16. The Bertz CT molecular complexity index is 389. The topological polar surface area (TPSA) is 77.2 Å². The van der Waals surface area contributed by atoms with Gasteiger partial charge in [-0.3, -0.25) is 4.79 Å². The molecule has 0 radical (unpaired) electrons. The van der Waals surface area contributed by atoms with Crippen molar-refractivity contribution in [1.82, 2.24) is 4.98 Å². The lowest BCUT2D eigenvalue weighted by Gasteiger charge is -2.09. The molecule has 1 aliphatic rings. The van der Waals surface area contributed by atoms with Crippen molar-refractivity contribution in [2.24, 2.45) is 0 Å². The minimum absolute atomic E-state index is 0.0640. The van der Waals surface area contributed by atoms with Crippen LogP contribution in [0.1, 0.15) is 25.7 Å². The summed E-state index contributed by atoms with van der Waals surface area (Å²) in [6, 6.07) is 3.44. The van der Waals surface area contributed by atoms with Crippen molar-refractivity contribution in [2.45, 2.75) is 31.8 Å². The summed E-state index contributed by atoms with van der Waals surface area (Å²) in [5.41, 5.74) is 6.17. The third-order valence-corrected chi connectivity index (χ3v) is 2.81. The molecule has 0 aromatic carbocycles. The number of aromatic nitrogens is 1. The van der Waals surface area contributed by atoms with Crippen molar-refractivity contribution >= 4 is 17.4 Å². The Morgan fingerprint density at radius 2 is 2.53 bits per heavy atom. The minimum atomic E-state index is -0.0640. The molecule has 3 N–H and O–H groups in total. The van der Waals surface area contributed by atoms with Gasteiger partial charge in [0.2, 0.25) is 5.91 Å². The maximum Gasteiger partial charge on any atom is 0.225 e. The zero-order chi connectivity index (χ0) is 12.1. The van der Waals surface area contributed by atoms with Gasteiger partial charge in [-0.25, -0.2) is 4.98 Å². The first-order chi connectivity index (χ1) is 8.25. The third-order valence-electron chi connectivity index (χ3n) is 2.81. The van der Waals surface area contributed by atoms with E-state index in [-0.39, 0.29) is 12.0 Å². The van der Waals surface area contributed by atoms with E-state index in [0.717, 1.165) is 25.9 Å². The maximum absolute atomic E-state index is 11.7. The lowest BCUT2D eigenvalue weighted by Crippen LogP contribution is -2.16. The van der Waals surface area contributed by atoms with Crippen LogP contribution in [0.2, 0.25) is 0 Å². The van der Waals surface area contributed by atoms with E-state index in [1.807, 2.05) is 0 Å². The van der Waals surface area contributed by atoms with Crippen molar-refractivity contribution in [1.29, 1.82) is 0 Å². The van der Waals surface area contributed by atoms with Crippen LogP contribution in [-0.4, -0.2) is 23.6 Å².